The number of methoxy groups -OCH3 is 2. The summed E-state index contributed by atoms with van der Waals surface area (Å²) >= 11 is 0. The summed E-state index contributed by atoms with van der Waals surface area (Å²) in [5.41, 5.74) is 3.93. The molecule has 0 spiro atoms. The van der Waals surface area contributed by atoms with Crippen molar-refractivity contribution < 1.29 is 47.8 Å². The number of benzene rings is 2. The molecule has 9 atom stereocenters. The van der Waals surface area contributed by atoms with E-state index in [4.69, 9.17) is 23.8 Å². The number of carbonyl (C=O) groups excluding carboxylic acids is 5. The maximum Gasteiger partial charge on any atom is 0.245 e. The first-order valence-electron chi connectivity index (χ1n) is 26.8. The van der Waals surface area contributed by atoms with Crippen molar-refractivity contribution in [1.29, 1.82) is 0 Å². The highest BCUT2D eigenvalue weighted by Crippen LogP contribution is 2.30. The summed E-state index contributed by atoms with van der Waals surface area (Å²) in [6.45, 7) is 22.1. The SMILES string of the molecule is CC[C@@H](C)C([C@H](CC(=O)N1CCCC1[C@@H](OC)[C@H](C)C(=O)N[C@H](Cc1ccccc1)C(=O)NCCOCCOCCO/N=C(\C)c1ccc(C(C)C)cc1)OC)N(C)C(=O)[C@H](NC(=O)C(C(C)C)N(C)C)C(C)C. The molecule has 2 aromatic rings. The van der Waals surface area contributed by atoms with E-state index in [1.54, 1.807) is 30.9 Å². The van der Waals surface area contributed by atoms with Crippen LogP contribution in [0.5, 0.6) is 0 Å². The fourth-order valence-electron chi connectivity index (χ4n) is 9.87. The highest BCUT2D eigenvalue weighted by atomic mass is 16.6. The number of amides is 5. The molecule has 3 rings (SSSR count). The molecular formula is C57H93N7O10. The maximum atomic E-state index is 14.5. The average molecular weight is 1040 g/mol. The van der Waals surface area contributed by atoms with E-state index in [0.717, 1.165) is 16.8 Å². The number of nitrogens with one attached hydrogen (secondary N) is 3. The molecule has 1 fully saturated rings. The number of oxime groups is 1. The standard InChI is InChI=1S/C57H93N7O10/c1-16-40(8)52(63(13)57(69)50(38(4)5)60-56(68)51(39(6)7)62(11)12)48(70-14)36-49(65)64-29-20-23-47(64)53(71-15)41(9)54(66)59-46(35-43-21-18-17-19-22-43)55(67)58-28-30-72-31-32-73-33-34-74-61-42(10)45-26-24-44(25-27-45)37(2)3/h17-19,21-22,24-27,37-41,46-48,50-53H,16,20,23,28-36H2,1-15H3,(H,58,67)(H,59,66)(H,60,68)/b61-42+/t40-,41+,46-,47?,48+,50-,51?,52?,53+/m1/s1. The Morgan fingerprint density at radius 2 is 1.41 bits per heavy atom. The summed E-state index contributed by atoms with van der Waals surface area (Å²) in [5, 5.41) is 13.2. The summed E-state index contributed by atoms with van der Waals surface area (Å²) < 4.78 is 23.5. The molecule has 17 heteroatoms. The van der Waals surface area contributed by atoms with Crippen LogP contribution in [0.3, 0.4) is 0 Å². The Morgan fingerprint density at radius 1 is 0.770 bits per heavy atom. The van der Waals surface area contributed by atoms with Gasteiger partial charge in [-0.2, -0.15) is 0 Å². The van der Waals surface area contributed by atoms with Gasteiger partial charge in [-0.15, -0.1) is 0 Å². The molecule has 3 unspecified atom stereocenters. The Morgan fingerprint density at radius 3 is 1.97 bits per heavy atom. The van der Waals surface area contributed by atoms with Gasteiger partial charge < -0.3 is 49.5 Å². The van der Waals surface area contributed by atoms with E-state index >= 15 is 0 Å². The van der Waals surface area contributed by atoms with Crippen LogP contribution in [0.4, 0.5) is 0 Å². The Bertz CT molecular complexity index is 2030. The minimum Gasteiger partial charge on any atom is -0.393 e. The van der Waals surface area contributed by atoms with Gasteiger partial charge >= 0.3 is 0 Å². The normalized spacial score (nSPS) is 17.4. The molecule has 3 N–H and O–H groups in total. The smallest absolute Gasteiger partial charge is 0.245 e. The monoisotopic (exact) mass is 1040 g/mol. The summed E-state index contributed by atoms with van der Waals surface area (Å²) in [6.07, 6.45) is 0.928. The molecule has 0 saturated carbocycles. The summed E-state index contributed by atoms with van der Waals surface area (Å²) in [7, 11) is 8.53. The van der Waals surface area contributed by atoms with Gasteiger partial charge in [-0.3, -0.25) is 28.9 Å². The molecule has 74 heavy (non-hydrogen) atoms. The van der Waals surface area contributed by atoms with Crippen molar-refractivity contribution in [3.63, 3.8) is 0 Å². The maximum absolute atomic E-state index is 14.5. The fraction of sp³-hybridized carbons (Fsp3) is 0.684. The molecule has 0 radical (unpaired) electrons. The zero-order valence-electron chi connectivity index (χ0n) is 47.5. The van der Waals surface area contributed by atoms with Crippen molar-refractivity contribution in [2.75, 3.05) is 81.5 Å². The Labute approximate surface area is 443 Å². The lowest BCUT2D eigenvalue weighted by molar-refractivity contribution is -0.148. The molecule has 1 aliphatic heterocycles. The predicted octanol–water partition coefficient (Wildman–Crippen LogP) is 6.07. The highest BCUT2D eigenvalue weighted by molar-refractivity contribution is 5.98. The molecule has 17 nitrogen and oxygen atoms in total. The first-order valence-corrected chi connectivity index (χ1v) is 26.8. The summed E-state index contributed by atoms with van der Waals surface area (Å²) in [5.74, 6) is -1.88. The van der Waals surface area contributed by atoms with Gasteiger partial charge in [0.15, 0.2) is 0 Å². The average Bonchev–Trinajstić information content (AvgIpc) is 3.86. The number of ether oxygens (including phenoxy) is 4. The number of hydrogen-bond acceptors (Lipinski definition) is 12. The predicted molar refractivity (Wildman–Crippen MR) is 291 cm³/mol. The number of carbonyl (C=O) groups is 5. The molecular weight excluding hydrogens is 943 g/mol. The second-order valence-electron chi connectivity index (χ2n) is 21.0. The molecule has 2 aromatic carbocycles. The van der Waals surface area contributed by atoms with E-state index < -0.39 is 48.3 Å². The lowest BCUT2D eigenvalue weighted by Crippen LogP contribution is -2.59. The molecule has 0 aromatic heterocycles. The molecule has 1 heterocycles. The molecule has 1 saturated heterocycles. The van der Waals surface area contributed by atoms with Gasteiger partial charge in [-0.25, -0.2) is 0 Å². The van der Waals surface area contributed by atoms with E-state index in [2.05, 4.69) is 47.1 Å². The van der Waals surface area contributed by atoms with Crippen molar-refractivity contribution in [2.45, 2.75) is 150 Å². The third-order valence-electron chi connectivity index (χ3n) is 14.3. The van der Waals surface area contributed by atoms with Crippen molar-refractivity contribution in [3.05, 3.63) is 71.3 Å². The van der Waals surface area contributed by atoms with Gasteiger partial charge in [0.05, 0.1) is 74.8 Å². The fourth-order valence-corrected chi connectivity index (χ4v) is 9.87. The van der Waals surface area contributed by atoms with E-state index in [1.807, 2.05) is 110 Å². The lowest BCUT2D eigenvalue weighted by Gasteiger charge is -2.41. The second kappa shape index (κ2) is 32.5. The summed E-state index contributed by atoms with van der Waals surface area (Å²) in [6, 6.07) is 14.8. The third-order valence-corrected chi connectivity index (χ3v) is 14.3. The molecule has 1 aliphatic rings. The van der Waals surface area contributed by atoms with Crippen molar-refractivity contribution >= 4 is 35.2 Å². The van der Waals surface area contributed by atoms with Crippen LogP contribution in [0.25, 0.3) is 0 Å². The van der Waals surface area contributed by atoms with Crippen LogP contribution in [0.2, 0.25) is 0 Å². The molecule has 5 amide bonds. The van der Waals surface area contributed by atoms with Gasteiger partial charge in [0.25, 0.3) is 0 Å². The van der Waals surface area contributed by atoms with E-state index in [1.165, 1.54) is 12.7 Å². The number of likely N-dealkylation sites (tertiary alicyclic amines) is 1. The zero-order valence-corrected chi connectivity index (χ0v) is 47.5. The number of rotatable bonds is 33. The Hall–Kier alpha value is -4.94. The number of nitrogens with zero attached hydrogens (tertiary/aromatic N) is 4. The van der Waals surface area contributed by atoms with Crippen LogP contribution < -0.4 is 16.0 Å². The largest absolute Gasteiger partial charge is 0.393 e. The van der Waals surface area contributed by atoms with Crippen LogP contribution in [0.1, 0.15) is 118 Å². The molecule has 416 valence electrons. The van der Waals surface area contributed by atoms with E-state index in [9.17, 15) is 24.0 Å². The van der Waals surface area contributed by atoms with Crippen LogP contribution in [0.15, 0.2) is 59.8 Å². The first kappa shape index (κ1) is 63.4. The van der Waals surface area contributed by atoms with Gasteiger partial charge in [-0.05, 0) is 74.2 Å². The van der Waals surface area contributed by atoms with Crippen molar-refractivity contribution in [2.24, 2.45) is 28.8 Å². The number of hydrogen-bond donors (Lipinski definition) is 3. The Kier molecular flexibility index (Phi) is 27.8. The highest BCUT2D eigenvalue weighted by Gasteiger charge is 2.43. The number of likely N-dealkylation sites (N-methyl/N-ethyl adjacent to an activating group) is 2. The lowest BCUT2D eigenvalue weighted by atomic mass is 9.89. The van der Waals surface area contributed by atoms with Crippen LogP contribution in [-0.4, -0.2) is 174 Å². The topological polar surface area (TPSA) is 190 Å². The quantitative estimate of drug-likeness (QED) is 0.0428. The first-order chi connectivity index (χ1) is 35.2. The minimum absolute atomic E-state index is 0.0132. The van der Waals surface area contributed by atoms with Crippen molar-refractivity contribution in [1.82, 2.24) is 30.7 Å². The van der Waals surface area contributed by atoms with Crippen LogP contribution >= 0.6 is 0 Å². The van der Waals surface area contributed by atoms with Gasteiger partial charge in [0, 0.05) is 40.8 Å². The van der Waals surface area contributed by atoms with Gasteiger partial charge in [-0.1, -0.05) is 128 Å². The molecule has 0 aliphatic carbocycles. The minimum atomic E-state index is -0.895. The Balaban J connectivity index is 1.61. The zero-order chi connectivity index (χ0) is 55.1. The van der Waals surface area contributed by atoms with E-state index in [0.29, 0.717) is 58.2 Å². The molecule has 0 bridgehead atoms. The second-order valence-corrected chi connectivity index (χ2v) is 21.0. The van der Waals surface area contributed by atoms with Crippen LogP contribution in [-0.2, 0) is 54.2 Å². The summed E-state index contributed by atoms with van der Waals surface area (Å²) in [4.78, 5) is 81.0. The third kappa shape index (κ3) is 19.3. The van der Waals surface area contributed by atoms with Gasteiger partial charge in [0.1, 0.15) is 18.7 Å². The van der Waals surface area contributed by atoms with Crippen LogP contribution in [0, 0.1) is 23.7 Å². The van der Waals surface area contributed by atoms with Crippen molar-refractivity contribution in [3.8, 4) is 0 Å². The van der Waals surface area contributed by atoms with E-state index in [-0.39, 0.29) is 73.3 Å². The van der Waals surface area contributed by atoms with Gasteiger partial charge in [0.2, 0.25) is 29.5 Å².